The van der Waals surface area contributed by atoms with Crippen LogP contribution in [0.3, 0.4) is 0 Å². The lowest BCUT2D eigenvalue weighted by atomic mass is 10.1. The minimum Gasteiger partial charge on any atom is -0.497 e. The molecule has 2 aromatic heterocycles. The maximum absolute atomic E-state index is 13.0. The summed E-state index contributed by atoms with van der Waals surface area (Å²) in [6, 6.07) is 19.8. The highest BCUT2D eigenvalue weighted by atomic mass is 35.5. The van der Waals surface area contributed by atoms with Gasteiger partial charge < -0.3 is 10.1 Å². The molecule has 4 aromatic rings. The van der Waals surface area contributed by atoms with Gasteiger partial charge in [-0.05, 0) is 60.7 Å². The first-order valence-corrected chi connectivity index (χ1v) is 10.2. The standard InChI is InChI=1S/C23H18Cl2N4O2/c1-31-18-8-5-15(6-9-18)21-13-22(23(30)27-14-16-4-2-3-11-26-16)29(28-21)17-7-10-19(24)20(25)12-17/h2-13H,14H2,1H3,(H,27,30). The molecule has 0 aliphatic heterocycles. The van der Waals surface area contributed by atoms with Crippen LogP contribution in [0.4, 0.5) is 0 Å². The summed E-state index contributed by atoms with van der Waals surface area (Å²) in [6.45, 7) is 0.296. The number of carbonyl (C=O) groups excluding carboxylic acids is 1. The molecule has 0 spiro atoms. The Labute approximate surface area is 189 Å². The molecule has 31 heavy (non-hydrogen) atoms. The Kier molecular flexibility index (Phi) is 6.21. The van der Waals surface area contributed by atoms with Crippen molar-refractivity contribution in [2.45, 2.75) is 6.54 Å². The van der Waals surface area contributed by atoms with E-state index in [0.717, 1.165) is 17.0 Å². The number of methoxy groups -OCH3 is 1. The smallest absolute Gasteiger partial charge is 0.270 e. The predicted octanol–water partition coefficient (Wildman–Crippen LogP) is 5.18. The predicted molar refractivity (Wildman–Crippen MR) is 121 cm³/mol. The van der Waals surface area contributed by atoms with Crippen molar-refractivity contribution >= 4 is 29.1 Å². The van der Waals surface area contributed by atoms with E-state index in [1.807, 2.05) is 42.5 Å². The van der Waals surface area contributed by atoms with Gasteiger partial charge in [0.2, 0.25) is 0 Å². The van der Waals surface area contributed by atoms with Gasteiger partial charge in [-0.25, -0.2) is 4.68 Å². The molecule has 2 heterocycles. The first kappa shape index (κ1) is 20.9. The summed E-state index contributed by atoms with van der Waals surface area (Å²) >= 11 is 12.3. The van der Waals surface area contributed by atoms with Crippen LogP contribution < -0.4 is 10.1 Å². The van der Waals surface area contributed by atoms with E-state index in [-0.39, 0.29) is 5.91 Å². The lowest BCUT2D eigenvalue weighted by Crippen LogP contribution is -2.25. The Morgan fingerprint density at radius 1 is 1.03 bits per heavy atom. The number of benzene rings is 2. The van der Waals surface area contributed by atoms with Crippen LogP contribution in [0.5, 0.6) is 5.75 Å². The molecule has 0 radical (unpaired) electrons. The SMILES string of the molecule is COc1ccc(-c2cc(C(=O)NCc3ccccn3)n(-c3ccc(Cl)c(Cl)c3)n2)cc1. The normalized spacial score (nSPS) is 10.7. The second kappa shape index (κ2) is 9.20. The first-order valence-electron chi connectivity index (χ1n) is 9.43. The lowest BCUT2D eigenvalue weighted by Gasteiger charge is -2.09. The highest BCUT2D eigenvalue weighted by Gasteiger charge is 2.18. The third kappa shape index (κ3) is 4.71. The van der Waals surface area contributed by atoms with E-state index in [0.29, 0.717) is 33.7 Å². The Morgan fingerprint density at radius 3 is 2.52 bits per heavy atom. The highest BCUT2D eigenvalue weighted by molar-refractivity contribution is 6.42. The molecule has 0 saturated heterocycles. The summed E-state index contributed by atoms with van der Waals surface area (Å²) in [7, 11) is 1.61. The van der Waals surface area contributed by atoms with Crippen molar-refractivity contribution in [1.29, 1.82) is 0 Å². The number of amides is 1. The Balaban J connectivity index is 1.71. The largest absolute Gasteiger partial charge is 0.497 e. The summed E-state index contributed by atoms with van der Waals surface area (Å²) in [4.78, 5) is 17.3. The third-order valence-corrected chi connectivity index (χ3v) is 5.37. The van der Waals surface area contributed by atoms with Crippen molar-refractivity contribution in [2.75, 3.05) is 7.11 Å². The van der Waals surface area contributed by atoms with E-state index in [2.05, 4.69) is 15.4 Å². The van der Waals surface area contributed by atoms with Gasteiger partial charge in [0.15, 0.2) is 0 Å². The van der Waals surface area contributed by atoms with Crippen molar-refractivity contribution in [3.8, 4) is 22.7 Å². The van der Waals surface area contributed by atoms with Crippen LogP contribution in [-0.2, 0) is 6.54 Å². The fourth-order valence-electron chi connectivity index (χ4n) is 3.02. The van der Waals surface area contributed by atoms with Crippen LogP contribution in [0, 0.1) is 0 Å². The Hall–Kier alpha value is -3.35. The van der Waals surface area contributed by atoms with Gasteiger partial charge in [0.25, 0.3) is 5.91 Å². The van der Waals surface area contributed by atoms with E-state index in [4.69, 9.17) is 27.9 Å². The molecule has 6 nitrogen and oxygen atoms in total. The minimum atomic E-state index is -0.288. The molecule has 0 atom stereocenters. The van der Waals surface area contributed by atoms with Crippen LogP contribution in [0.2, 0.25) is 10.0 Å². The topological polar surface area (TPSA) is 69.0 Å². The fourth-order valence-corrected chi connectivity index (χ4v) is 3.32. The van der Waals surface area contributed by atoms with Gasteiger partial charge in [-0.15, -0.1) is 0 Å². The molecule has 0 unspecified atom stereocenters. The summed E-state index contributed by atoms with van der Waals surface area (Å²) in [5, 5.41) is 8.34. The summed E-state index contributed by atoms with van der Waals surface area (Å²) in [6.07, 6.45) is 1.68. The van der Waals surface area contributed by atoms with Gasteiger partial charge in [0, 0.05) is 11.8 Å². The monoisotopic (exact) mass is 452 g/mol. The van der Waals surface area contributed by atoms with Crippen molar-refractivity contribution in [3.63, 3.8) is 0 Å². The number of hydrogen-bond acceptors (Lipinski definition) is 4. The maximum atomic E-state index is 13.0. The molecule has 0 bridgehead atoms. The van der Waals surface area contributed by atoms with Crippen molar-refractivity contribution < 1.29 is 9.53 Å². The third-order valence-electron chi connectivity index (χ3n) is 4.63. The molecule has 156 valence electrons. The molecule has 0 aliphatic carbocycles. The average molecular weight is 453 g/mol. The van der Waals surface area contributed by atoms with Crippen LogP contribution >= 0.6 is 23.2 Å². The van der Waals surface area contributed by atoms with Crippen molar-refractivity contribution in [3.05, 3.63) is 94.4 Å². The number of rotatable bonds is 6. The number of hydrogen-bond donors (Lipinski definition) is 1. The molecule has 0 aliphatic rings. The van der Waals surface area contributed by atoms with Gasteiger partial charge in [-0.3, -0.25) is 9.78 Å². The molecule has 2 aromatic carbocycles. The zero-order valence-electron chi connectivity index (χ0n) is 16.5. The van der Waals surface area contributed by atoms with E-state index < -0.39 is 0 Å². The van der Waals surface area contributed by atoms with E-state index in [1.165, 1.54) is 0 Å². The van der Waals surface area contributed by atoms with Crippen LogP contribution in [0.1, 0.15) is 16.2 Å². The second-order valence-corrected chi connectivity index (χ2v) is 7.47. The van der Waals surface area contributed by atoms with Gasteiger partial charge in [0.05, 0.1) is 40.8 Å². The van der Waals surface area contributed by atoms with E-state index in [1.54, 1.807) is 42.3 Å². The van der Waals surface area contributed by atoms with Gasteiger partial charge in [-0.1, -0.05) is 29.3 Å². The van der Waals surface area contributed by atoms with Crippen LogP contribution in [0.25, 0.3) is 16.9 Å². The van der Waals surface area contributed by atoms with Crippen molar-refractivity contribution in [1.82, 2.24) is 20.1 Å². The van der Waals surface area contributed by atoms with E-state index in [9.17, 15) is 4.79 Å². The first-order chi connectivity index (χ1) is 15.0. The molecule has 1 N–H and O–H groups in total. The second-order valence-electron chi connectivity index (χ2n) is 6.66. The number of aromatic nitrogens is 3. The molecule has 8 heteroatoms. The number of nitrogens with one attached hydrogen (secondary N) is 1. The zero-order valence-corrected chi connectivity index (χ0v) is 18.1. The quantitative estimate of drug-likeness (QED) is 0.437. The summed E-state index contributed by atoms with van der Waals surface area (Å²) in [5.74, 6) is 0.449. The van der Waals surface area contributed by atoms with Crippen molar-refractivity contribution in [2.24, 2.45) is 0 Å². The molecular weight excluding hydrogens is 435 g/mol. The number of carbonyl (C=O) groups is 1. The van der Waals surface area contributed by atoms with Crippen LogP contribution in [-0.4, -0.2) is 27.8 Å². The van der Waals surface area contributed by atoms with E-state index >= 15 is 0 Å². The highest BCUT2D eigenvalue weighted by Crippen LogP contribution is 2.28. The van der Waals surface area contributed by atoms with Crippen LogP contribution in [0.15, 0.2) is 72.9 Å². The van der Waals surface area contributed by atoms with Gasteiger partial charge >= 0.3 is 0 Å². The molecule has 4 rings (SSSR count). The molecule has 1 amide bonds. The Morgan fingerprint density at radius 2 is 1.84 bits per heavy atom. The lowest BCUT2D eigenvalue weighted by molar-refractivity contribution is 0.0942. The number of nitrogens with zero attached hydrogens (tertiary/aromatic N) is 3. The number of pyridine rings is 1. The average Bonchev–Trinajstić information content (AvgIpc) is 3.25. The maximum Gasteiger partial charge on any atom is 0.270 e. The molecular formula is C23H18Cl2N4O2. The summed E-state index contributed by atoms with van der Waals surface area (Å²) < 4.78 is 6.77. The van der Waals surface area contributed by atoms with Gasteiger partial charge in [-0.2, -0.15) is 5.10 Å². The number of halogens is 2. The number of ether oxygens (including phenoxy) is 1. The minimum absolute atomic E-state index is 0.288. The summed E-state index contributed by atoms with van der Waals surface area (Å²) in [5.41, 5.74) is 3.22. The molecule has 0 fully saturated rings. The fraction of sp³-hybridized carbons (Fsp3) is 0.0870. The molecule has 0 saturated carbocycles. The zero-order chi connectivity index (χ0) is 21.8. The van der Waals surface area contributed by atoms with Gasteiger partial charge in [0.1, 0.15) is 11.4 Å². The Bertz CT molecular complexity index is 1210.